The van der Waals surface area contributed by atoms with Crippen LogP contribution in [0.15, 0.2) is 60.7 Å². The lowest BCUT2D eigenvalue weighted by Crippen LogP contribution is -2.24. The van der Waals surface area contributed by atoms with E-state index in [0.717, 1.165) is 25.8 Å². The van der Waals surface area contributed by atoms with Gasteiger partial charge in [0.1, 0.15) is 0 Å². The van der Waals surface area contributed by atoms with E-state index < -0.39 is 0 Å². The van der Waals surface area contributed by atoms with E-state index >= 15 is 0 Å². The summed E-state index contributed by atoms with van der Waals surface area (Å²) in [6, 6.07) is 20.5. The Morgan fingerprint density at radius 1 is 0.800 bits per heavy atom. The molecule has 0 spiro atoms. The third-order valence-electron chi connectivity index (χ3n) is 3.29. The summed E-state index contributed by atoms with van der Waals surface area (Å²) in [4.78, 5) is 11.7. The Labute approximate surface area is 120 Å². The highest BCUT2D eigenvalue weighted by Crippen LogP contribution is 2.03. The van der Waals surface area contributed by atoms with Crippen molar-refractivity contribution >= 4 is 5.91 Å². The summed E-state index contributed by atoms with van der Waals surface area (Å²) < 4.78 is 0. The average Bonchev–Trinajstić information content (AvgIpc) is 2.52. The largest absolute Gasteiger partial charge is 0.356 e. The van der Waals surface area contributed by atoms with E-state index in [0.29, 0.717) is 6.42 Å². The summed E-state index contributed by atoms with van der Waals surface area (Å²) in [6.07, 6.45) is 3.38. The molecule has 0 saturated carbocycles. The third kappa shape index (κ3) is 5.27. The van der Waals surface area contributed by atoms with E-state index in [9.17, 15) is 4.79 Å². The number of carbonyl (C=O) groups is 1. The van der Waals surface area contributed by atoms with Crippen LogP contribution in [0.1, 0.15) is 24.0 Å². The van der Waals surface area contributed by atoms with Gasteiger partial charge in [-0.2, -0.15) is 0 Å². The Morgan fingerprint density at radius 3 is 1.95 bits per heavy atom. The van der Waals surface area contributed by atoms with Crippen LogP contribution in [0.4, 0.5) is 0 Å². The van der Waals surface area contributed by atoms with Crippen LogP contribution in [-0.4, -0.2) is 12.5 Å². The van der Waals surface area contributed by atoms with E-state index in [1.165, 1.54) is 11.1 Å². The van der Waals surface area contributed by atoms with Crippen LogP contribution >= 0.6 is 0 Å². The number of hydrogen-bond acceptors (Lipinski definition) is 1. The highest BCUT2D eigenvalue weighted by molar-refractivity contribution is 5.76. The molecule has 0 heterocycles. The third-order valence-corrected chi connectivity index (χ3v) is 3.29. The Kier molecular flexibility index (Phi) is 5.84. The van der Waals surface area contributed by atoms with Gasteiger partial charge in [0.25, 0.3) is 0 Å². The lowest BCUT2D eigenvalue weighted by Gasteiger charge is -2.05. The molecule has 2 rings (SSSR count). The summed E-state index contributed by atoms with van der Waals surface area (Å²) in [5.41, 5.74) is 2.54. The first kappa shape index (κ1) is 14.3. The molecular weight excluding hydrogens is 246 g/mol. The van der Waals surface area contributed by atoms with Crippen molar-refractivity contribution in [2.24, 2.45) is 0 Å². The van der Waals surface area contributed by atoms with Gasteiger partial charge >= 0.3 is 0 Å². The summed E-state index contributed by atoms with van der Waals surface area (Å²) in [6.45, 7) is 0.752. The molecule has 1 amide bonds. The van der Waals surface area contributed by atoms with E-state index in [-0.39, 0.29) is 5.91 Å². The van der Waals surface area contributed by atoms with E-state index in [4.69, 9.17) is 0 Å². The molecule has 0 radical (unpaired) electrons. The maximum atomic E-state index is 11.7. The molecule has 0 atom stereocenters. The Bertz CT molecular complexity index is 507. The predicted molar refractivity (Wildman–Crippen MR) is 82.5 cm³/mol. The second-order valence-electron chi connectivity index (χ2n) is 4.92. The van der Waals surface area contributed by atoms with Crippen molar-refractivity contribution in [2.75, 3.05) is 6.54 Å². The quantitative estimate of drug-likeness (QED) is 0.766. The molecule has 0 fully saturated rings. The van der Waals surface area contributed by atoms with E-state index in [1.54, 1.807) is 0 Å². The van der Waals surface area contributed by atoms with Crippen molar-refractivity contribution in [1.29, 1.82) is 0 Å². The molecule has 0 aliphatic heterocycles. The fourth-order valence-electron chi connectivity index (χ4n) is 2.16. The first-order chi connectivity index (χ1) is 9.84. The summed E-state index contributed by atoms with van der Waals surface area (Å²) >= 11 is 0. The first-order valence-electron chi connectivity index (χ1n) is 7.19. The fraction of sp³-hybridized carbons (Fsp3) is 0.278. The van der Waals surface area contributed by atoms with E-state index in [2.05, 4.69) is 29.6 Å². The Hall–Kier alpha value is -2.09. The molecule has 2 aromatic carbocycles. The van der Waals surface area contributed by atoms with E-state index in [1.807, 2.05) is 36.4 Å². The number of rotatable bonds is 7. The Balaban J connectivity index is 1.59. The zero-order chi connectivity index (χ0) is 14.0. The van der Waals surface area contributed by atoms with Crippen LogP contribution in [-0.2, 0) is 17.6 Å². The van der Waals surface area contributed by atoms with Crippen molar-refractivity contribution in [1.82, 2.24) is 5.32 Å². The molecule has 2 heteroatoms. The van der Waals surface area contributed by atoms with Crippen LogP contribution in [0.25, 0.3) is 0 Å². The summed E-state index contributed by atoms with van der Waals surface area (Å²) in [5.74, 6) is 0.141. The van der Waals surface area contributed by atoms with Crippen molar-refractivity contribution in [3.8, 4) is 0 Å². The highest BCUT2D eigenvalue weighted by atomic mass is 16.1. The highest BCUT2D eigenvalue weighted by Gasteiger charge is 2.01. The molecule has 0 aromatic heterocycles. The zero-order valence-electron chi connectivity index (χ0n) is 11.7. The summed E-state index contributed by atoms with van der Waals surface area (Å²) in [7, 11) is 0. The van der Waals surface area contributed by atoms with Gasteiger partial charge in [0.2, 0.25) is 5.91 Å². The molecular formula is C18H21NO. The lowest BCUT2D eigenvalue weighted by atomic mass is 10.1. The molecule has 104 valence electrons. The van der Waals surface area contributed by atoms with Gasteiger partial charge < -0.3 is 5.32 Å². The number of amides is 1. The van der Waals surface area contributed by atoms with Gasteiger partial charge in [0.15, 0.2) is 0 Å². The topological polar surface area (TPSA) is 29.1 Å². The van der Waals surface area contributed by atoms with Crippen molar-refractivity contribution in [2.45, 2.75) is 25.7 Å². The molecule has 0 aliphatic carbocycles. The van der Waals surface area contributed by atoms with Gasteiger partial charge in [-0.1, -0.05) is 60.7 Å². The van der Waals surface area contributed by atoms with Crippen LogP contribution in [0, 0.1) is 0 Å². The van der Waals surface area contributed by atoms with Crippen LogP contribution in [0.5, 0.6) is 0 Å². The van der Waals surface area contributed by atoms with Gasteiger partial charge in [0.05, 0.1) is 0 Å². The van der Waals surface area contributed by atoms with Crippen molar-refractivity contribution < 1.29 is 4.79 Å². The predicted octanol–water partition coefficient (Wildman–Crippen LogP) is 3.37. The Morgan fingerprint density at radius 2 is 1.35 bits per heavy atom. The van der Waals surface area contributed by atoms with Crippen LogP contribution in [0.3, 0.4) is 0 Å². The second-order valence-corrected chi connectivity index (χ2v) is 4.92. The smallest absolute Gasteiger partial charge is 0.220 e. The van der Waals surface area contributed by atoms with Crippen LogP contribution < -0.4 is 5.32 Å². The van der Waals surface area contributed by atoms with Gasteiger partial charge in [-0.05, 0) is 30.4 Å². The SMILES string of the molecule is O=C(CCc1ccccc1)NCCCc1ccccc1. The number of benzene rings is 2. The monoisotopic (exact) mass is 267 g/mol. The molecule has 0 aliphatic rings. The minimum Gasteiger partial charge on any atom is -0.356 e. The van der Waals surface area contributed by atoms with Gasteiger partial charge in [0, 0.05) is 13.0 Å². The number of carbonyl (C=O) groups excluding carboxylic acids is 1. The number of aryl methyl sites for hydroxylation is 2. The fourth-order valence-corrected chi connectivity index (χ4v) is 2.16. The van der Waals surface area contributed by atoms with Crippen molar-refractivity contribution in [3.05, 3.63) is 71.8 Å². The van der Waals surface area contributed by atoms with Gasteiger partial charge in [-0.25, -0.2) is 0 Å². The number of hydrogen-bond donors (Lipinski definition) is 1. The van der Waals surface area contributed by atoms with Gasteiger partial charge in [-0.3, -0.25) is 4.79 Å². The minimum absolute atomic E-state index is 0.141. The number of nitrogens with one attached hydrogen (secondary N) is 1. The molecule has 0 unspecified atom stereocenters. The molecule has 20 heavy (non-hydrogen) atoms. The molecule has 0 bridgehead atoms. The molecule has 0 saturated heterocycles. The normalized spacial score (nSPS) is 10.2. The molecule has 1 N–H and O–H groups in total. The van der Waals surface area contributed by atoms with Crippen molar-refractivity contribution in [3.63, 3.8) is 0 Å². The first-order valence-corrected chi connectivity index (χ1v) is 7.19. The van der Waals surface area contributed by atoms with Crippen LogP contribution in [0.2, 0.25) is 0 Å². The molecule has 2 aromatic rings. The maximum Gasteiger partial charge on any atom is 0.220 e. The minimum atomic E-state index is 0.141. The maximum absolute atomic E-state index is 11.7. The summed E-state index contributed by atoms with van der Waals surface area (Å²) in [5, 5.41) is 2.98. The van der Waals surface area contributed by atoms with Gasteiger partial charge in [-0.15, -0.1) is 0 Å². The second kappa shape index (κ2) is 8.16. The average molecular weight is 267 g/mol. The molecule has 2 nitrogen and oxygen atoms in total. The zero-order valence-corrected chi connectivity index (χ0v) is 11.7. The standard InChI is InChI=1S/C18H21NO/c20-18(14-13-17-10-5-2-6-11-17)19-15-7-12-16-8-3-1-4-9-16/h1-6,8-11H,7,12-15H2,(H,19,20). The lowest BCUT2D eigenvalue weighted by molar-refractivity contribution is -0.121.